The molecule has 0 unspecified atom stereocenters. The van der Waals surface area contributed by atoms with Gasteiger partial charge in [-0.15, -0.1) is 0 Å². The molecule has 2 aliphatic carbocycles. The smallest absolute Gasteiger partial charge is 0.00671 e. The highest BCUT2D eigenvalue weighted by molar-refractivity contribution is 4.77. The third kappa shape index (κ3) is 2.98. The third-order valence-electron chi connectivity index (χ3n) is 4.19. The maximum Gasteiger partial charge on any atom is 0.00671 e. The first kappa shape index (κ1) is 10.5. The van der Waals surface area contributed by atoms with Gasteiger partial charge in [-0.05, 0) is 44.1 Å². The molecule has 1 heteroatoms. The van der Waals surface area contributed by atoms with Gasteiger partial charge in [-0.25, -0.2) is 0 Å². The van der Waals surface area contributed by atoms with Crippen LogP contribution in [0.1, 0.15) is 58.3 Å². The molecule has 0 bridgehead atoms. The molecule has 2 saturated carbocycles. The zero-order valence-electron chi connectivity index (χ0n) is 9.60. The van der Waals surface area contributed by atoms with E-state index in [0.29, 0.717) is 0 Å². The second kappa shape index (κ2) is 5.16. The standard InChI is InChI=1S/C13H25N/c1-11-6-8-12(9-7-11)10-14-13-4-2-3-5-13/h11-14H,2-10H2,1H3/t11-,12-. The molecule has 0 amide bonds. The zero-order valence-corrected chi connectivity index (χ0v) is 9.60. The van der Waals surface area contributed by atoms with Crippen LogP contribution in [0.3, 0.4) is 0 Å². The van der Waals surface area contributed by atoms with E-state index in [9.17, 15) is 0 Å². The first-order chi connectivity index (χ1) is 6.84. The average Bonchev–Trinajstić information content (AvgIpc) is 2.70. The van der Waals surface area contributed by atoms with Crippen molar-refractivity contribution < 1.29 is 0 Å². The van der Waals surface area contributed by atoms with Crippen molar-refractivity contribution in [3.05, 3.63) is 0 Å². The van der Waals surface area contributed by atoms with Crippen LogP contribution >= 0.6 is 0 Å². The van der Waals surface area contributed by atoms with E-state index in [0.717, 1.165) is 17.9 Å². The van der Waals surface area contributed by atoms with Gasteiger partial charge in [0.05, 0.1) is 0 Å². The van der Waals surface area contributed by atoms with E-state index >= 15 is 0 Å². The Bertz CT molecular complexity index is 153. The molecule has 0 saturated heterocycles. The molecule has 2 aliphatic rings. The lowest BCUT2D eigenvalue weighted by molar-refractivity contribution is 0.274. The van der Waals surface area contributed by atoms with E-state index in [-0.39, 0.29) is 0 Å². The minimum absolute atomic E-state index is 0.870. The van der Waals surface area contributed by atoms with Crippen LogP contribution < -0.4 is 5.32 Å². The molecule has 14 heavy (non-hydrogen) atoms. The molecule has 0 aliphatic heterocycles. The van der Waals surface area contributed by atoms with Crippen LogP contribution in [0.4, 0.5) is 0 Å². The molecular weight excluding hydrogens is 170 g/mol. The van der Waals surface area contributed by atoms with Crippen molar-refractivity contribution in [3.63, 3.8) is 0 Å². The summed E-state index contributed by atoms with van der Waals surface area (Å²) >= 11 is 0. The van der Waals surface area contributed by atoms with E-state index < -0.39 is 0 Å². The lowest BCUT2D eigenvalue weighted by atomic mass is 9.83. The molecule has 2 fully saturated rings. The Morgan fingerprint density at radius 2 is 1.57 bits per heavy atom. The zero-order chi connectivity index (χ0) is 9.80. The largest absolute Gasteiger partial charge is 0.314 e. The average molecular weight is 195 g/mol. The summed E-state index contributed by atoms with van der Waals surface area (Å²) in [5.74, 6) is 1.99. The van der Waals surface area contributed by atoms with Gasteiger partial charge < -0.3 is 5.32 Å². The predicted molar refractivity (Wildman–Crippen MR) is 61.4 cm³/mol. The summed E-state index contributed by atoms with van der Waals surface area (Å²) in [5.41, 5.74) is 0. The Balaban J connectivity index is 1.60. The quantitative estimate of drug-likeness (QED) is 0.728. The number of nitrogens with one attached hydrogen (secondary N) is 1. The Morgan fingerprint density at radius 3 is 2.21 bits per heavy atom. The molecule has 0 atom stereocenters. The lowest BCUT2D eigenvalue weighted by Crippen LogP contribution is -2.32. The molecule has 1 nitrogen and oxygen atoms in total. The summed E-state index contributed by atoms with van der Waals surface area (Å²) in [6, 6.07) is 0.870. The van der Waals surface area contributed by atoms with Crippen molar-refractivity contribution in [2.45, 2.75) is 64.3 Å². The molecule has 0 spiro atoms. The van der Waals surface area contributed by atoms with E-state index in [1.54, 1.807) is 0 Å². The second-order valence-electron chi connectivity index (χ2n) is 5.52. The van der Waals surface area contributed by atoms with Crippen LogP contribution in [0.5, 0.6) is 0 Å². The van der Waals surface area contributed by atoms with E-state index in [2.05, 4.69) is 12.2 Å². The number of rotatable bonds is 3. The van der Waals surface area contributed by atoms with Gasteiger partial charge in [0, 0.05) is 6.04 Å². The highest BCUT2D eigenvalue weighted by Crippen LogP contribution is 2.28. The van der Waals surface area contributed by atoms with Gasteiger partial charge in [0.25, 0.3) is 0 Å². The molecular formula is C13H25N. The second-order valence-corrected chi connectivity index (χ2v) is 5.52. The van der Waals surface area contributed by atoms with Crippen molar-refractivity contribution in [3.8, 4) is 0 Å². The molecule has 2 rings (SSSR count). The first-order valence-corrected chi connectivity index (χ1v) is 6.58. The Hall–Kier alpha value is -0.0400. The Labute approximate surface area is 88.7 Å². The first-order valence-electron chi connectivity index (χ1n) is 6.58. The van der Waals surface area contributed by atoms with Crippen molar-refractivity contribution in [1.29, 1.82) is 0 Å². The van der Waals surface area contributed by atoms with Crippen molar-refractivity contribution in [1.82, 2.24) is 5.32 Å². The molecule has 0 heterocycles. The van der Waals surface area contributed by atoms with Crippen LogP contribution in [0.15, 0.2) is 0 Å². The summed E-state index contributed by atoms with van der Waals surface area (Å²) < 4.78 is 0. The van der Waals surface area contributed by atoms with Gasteiger partial charge in [0.15, 0.2) is 0 Å². The third-order valence-corrected chi connectivity index (χ3v) is 4.19. The Kier molecular flexibility index (Phi) is 3.86. The summed E-state index contributed by atoms with van der Waals surface area (Å²) in [6.07, 6.45) is 11.7. The van der Waals surface area contributed by atoms with E-state index in [1.165, 1.54) is 57.9 Å². The summed E-state index contributed by atoms with van der Waals surface area (Å²) in [4.78, 5) is 0. The van der Waals surface area contributed by atoms with Gasteiger partial charge in [0.2, 0.25) is 0 Å². The summed E-state index contributed by atoms with van der Waals surface area (Å²) in [6.45, 7) is 3.71. The maximum atomic E-state index is 3.77. The summed E-state index contributed by atoms with van der Waals surface area (Å²) in [7, 11) is 0. The van der Waals surface area contributed by atoms with Crippen molar-refractivity contribution in [2.24, 2.45) is 11.8 Å². The Morgan fingerprint density at radius 1 is 0.929 bits per heavy atom. The SMILES string of the molecule is C[C@H]1CC[C@H](CNC2CCCC2)CC1. The van der Waals surface area contributed by atoms with Crippen LogP contribution in [-0.2, 0) is 0 Å². The van der Waals surface area contributed by atoms with Crippen molar-refractivity contribution in [2.75, 3.05) is 6.54 Å². The van der Waals surface area contributed by atoms with E-state index in [4.69, 9.17) is 0 Å². The number of hydrogen-bond acceptors (Lipinski definition) is 1. The van der Waals surface area contributed by atoms with Crippen LogP contribution in [-0.4, -0.2) is 12.6 Å². The molecule has 0 radical (unpaired) electrons. The topological polar surface area (TPSA) is 12.0 Å². The van der Waals surface area contributed by atoms with Gasteiger partial charge in [-0.2, -0.15) is 0 Å². The highest BCUT2D eigenvalue weighted by atomic mass is 14.9. The molecule has 0 aromatic rings. The van der Waals surface area contributed by atoms with Crippen LogP contribution in [0.2, 0.25) is 0 Å². The highest BCUT2D eigenvalue weighted by Gasteiger charge is 2.20. The lowest BCUT2D eigenvalue weighted by Gasteiger charge is -2.27. The number of hydrogen-bond donors (Lipinski definition) is 1. The fraction of sp³-hybridized carbons (Fsp3) is 1.00. The summed E-state index contributed by atoms with van der Waals surface area (Å²) in [5, 5.41) is 3.77. The minimum atomic E-state index is 0.870. The van der Waals surface area contributed by atoms with Crippen LogP contribution in [0, 0.1) is 11.8 Å². The molecule has 0 aromatic carbocycles. The fourth-order valence-electron chi connectivity index (χ4n) is 3.00. The van der Waals surface area contributed by atoms with Gasteiger partial charge in [0.1, 0.15) is 0 Å². The fourth-order valence-corrected chi connectivity index (χ4v) is 3.00. The molecule has 1 N–H and O–H groups in total. The van der Waals surface area contributed by atoms with Crippen molar-refractivity contribution >= 4 is 0 Å². The predicted octanol–water partition coefficient (Wildman–Crippen LogP) is 3.34. The monoisotopic (exact) mass is 195 g/mol. The molecule has 82 valence electrons. The molecule has 0 aromatic heterocycles. The van der Waals surface area contributed by atoms with Gasteiger partial charge in [-0.1, -0.05) is 32.6 Å². The van der Waals surface area contributed by atoms with Crippen LogP contribution in [0.25, 0.3) is 0 Å². The minimum Gasteiger partial charge on any atom is -0.314 e. The maximum absolute atomic E-state index is 3.77. The van der Waals surface area contributed by atoms with Gasteiger partial charge in [-0.3, -0.25) is 0 Å². The normalized spacial score (nSPS) is 34.9. The van der Waals surface area contributed by atoms with E-state index in [1.807, 2.05) is 0 Å². The van der Waals surface area contributed by atoms with Gasteiger partial charge >= 0.3 is 0 Å².